The molecule has 7 heteroatoms. The van der Waals surface area contributed by atoms with Crippen molar-refractivity contribution < 1.29 is 4.79 Å². The minimum atomic E-state index is -0.732. The summed E-state index contributed by atoms with van der Waals surface area (Å²) >= 11 is 11.8. The van der Waals surface area contributed by atoms with Crippen LogP contribution in [0.1, 0.15) is 13.0 Å². The van der Waals surface area contributed by atoms with Crippen LogP contribution in [0, 0.1) is 0 Å². The minimum absolute atomic E-state index is 0.266. The van der Waals surface area contributed by atoms with Crippen LogP contribution < -0.4 is 10.9 Å². The van der Waals surface area contributed by atoms with E-state index in [4.69, 9.17) is 23.2 Å². The second-order valence-corrected chi connectivity index (χ2v) is 6.08. The number of nitrogens with zero attached hydrogens (tertiary/aromatic N) is 2. The third-order valence-corrected chi connectivity index (χ3v) is 4.41. The van der Waals surface area contributed by atoms with Gasteiger partial charge in [-0.2, -0.15) is 0 Å². The Balaban J connectivity index is 1.89. The molecule has 0 aliphatic carbocycles. The summed E-state index contributed by atoms with van der Waals surface area (Å²) < 4.78 is 1.30. The molecule has 0 radical (unpaired) electrons. The van der Waals surface area contributed by atoms with E-state index in [0.29, 0.717) is 26.6 Å². The molecule has 2 aromatic carbocycles. The van der Waals surface area contributed by atoms with Gasteiger partial charge in [0.1, 0.15) is 6.04 Å². The lowest BCUT2D eigenvalue weighted by atomic mass is 10.2. The van der Waals surface area contributed by atoms with Crippen molar-refractivity contribution in [2.45, 2.75) is 13.0 Å². The van der Waals surface area contributed by atoms with Gasteiger partial charge in [0, 0.05) is 5.69 Å². The minimum Gasteiger partial charge on any atom is -0.324 e. The fourth-order valence-corrected chi connectivity index (χ4v) is 2.60. The summed E-state index contributed by atoms with van der Waals surface area (Å²) in [5, 5.41) is 3.92. The molecule has 1 heterocycles. The Kier molecular flexibility index (Phi) is 4.55. The molecule has 0 bridgehead atoms. The van der Waals surface area contributed by atoms with Gasteiger partial charge in [-0.25, -0.2) is 4.98 Å². The summed E-state index contributed by atoms with van der Waals surface area (Å²) in [7, 11) is 0. The largest absolute Gasteiger partial charge is 0.324 e. The molecule has 0 aliphatic rings. The van der Waals surface area contributed by atoms with Crippen molar-refractivity contribution in [2.24, 2.45) is 0 Å². The summed E-state index contributed by atoms with van der Waals surface area (Å²) in [5.74, 6) is -0.354. The number of para-hydroxylation sites is 1. The van der Waals surface area contributed by atoms with Gasteiger partial charge in [0.25, 0.3) is 5.56 Å². The fraction of sp³-hybridized carbons (Fsp3) is 0.118. The maximum atomic E-state index is 12.5. The van der Waals surface area contributed by atoms with Gasteiger partial charge in [0.2, 0.25) is 5.91 Å². The molecule has 1 amide bonds. The number of halogens is 2. The first-order valence-corrected chi connectivity index (χ1v) is 7.95. The van der Waals surface area contributed by atoms with Crippen LogP contribution in [0.15, 0.2) is 53.6 Å². The number of hydrogen-bond donors (Lipinski definition) is 1. The fourth-order valence-electron chi connectivity index (χ4n) is 2.31. The van der Waals surface area contributed by atoms with Gasteiger partial charge in [-0.15, -0.1) is 0 Å². The van der Waals surface area contributed by atoms with Crippen molar-refractivity contribution in [3.63, 3.8) is 0 Å². The maximum absolute atomic E-state index is 12.5. The first kappa shape index (κ1) is 16.5. The van der Waals surface area contributed by atoms with E-state index in [1.807, 2.05) is 0 Å². The Labute approximate surface area is 147 Å². The second kappa shape index (κ2) is 6.63. The molecule has 0 aliphatic heterocycles. The van der Waals surface area contributed by atoms with Gasteiger partial charge < -0.3 is 5.32 Å². The summed E-state index contributed by atoms with van der Waals surface area (Å²) in [6, 6.07) is 11.1. The standard InChI is InChI=1S/C17H13Cl2N3O2/c1-10(16(23)21-11-6-7-13(18)14(19)8-11)22-9-20-15-5-3-2-4-12(15)17(22)24/h2-10H,1H3,(H,21,23). The zero-order chi connectivity index (χ0) is 17.3. The highest BCUT2D eigenvalue weighted by molar-refractivity contribution is 6.42. The summed E-state index contributed by atoms with van der Waals surface area (Å²) in [6.07, 6.45) is 1.38. The first-order valence-electron chi connectivity index (χ1n) is 7.19. The van der Waals surface area contributed by atoms with Crippen molar-refractivity contribution in [3.05, 3.63) is 69.2 Å². The Bertz CT molecular complexity index is 985. The van der Waals surface area contributed by atoms with Crippen molar-refractivity contribution in [2.75, 3.05) is 5.32 Å². The number of amides is 1. The average molecular weight is 362 g/mol. The lowest BCUT2D eigenvalue weighted by Gasteiger charge is -2.15. The summed E-state index contributed by atoms with van der Waals surface area (Å²) in [5.41, 5.74) is 0.830. The summed E-state index contributed by atoms with van der Waals surface area (Å²) in [6.45, 7) is 1.63. The quantitative estimate of drug-likeness (QED) is 0.769. The van der Waals surface area contributed by atoms with E-state index in [2.05, 4.69) is 10.3 Å². The average Bonchev–Trinajstić information content (AvgIpc) is 2.58. The Morgan fingerprint density at radius 2 is 1.92 bits per heavy atom. The van der Waals surface area contributed by atoms with Crippen LogP contribution in [0.3, 0.4) is 0 Å². The Morgan fingerprint density at radius 1 is 1.17 bits per heavy atom. The highest BCUT2D eigenvalue weighted by Crippen LogP contribution is 2.25. The van der Waals surface area contributed by atoms with Gasteiger partial charge in [-0.05, 0) is 37.3 Å². The lowest BCUT2D eigenvalue weighted by Crippen LogP contribution is -2.31. The number of aromatic nitrogens is 2. The second-order valence-electron chi connectivity index (χ2n) is 5.27. The van der Waals surface area contributed by atoms with Gasteiger partial charge in [-0.1, -0.05) is 35.3 Å². The molecule has 1 atom stereocenters. The van der Waals surface area contributed by atoms with Gasteiger partial charge in [-0.3, -0.25) is 14.2 Å². The van der Waals surface area contributed by atoms with E-state index in [1.54, 1.807) is 49.4 Å². The summed E-state index contributed by atoms with van der Waals surface area (Å²) in [4.78, 5) is 29.2. The first-order chi connectivity index (χ1) is 11.5. The van der Waals surface area contributed by atoms with Crippen LogP contribution in [0.25, 0.3) is 10.9 Å². The Hall–Kier alpha value is -2.37. The molecule has 0 saturated carbocycles. The predicted molar refractivity (Wildman–Crippen MR) is 95.8 cm³/mol. The predicted octanol–water partition coefficient (Wildman–Crippen LogP) is 3.90. The van der Waals surface area contributed by atoms with E-state index in [1.165, 1.54) is 10.9 Å². The molecule has 5 nitrogen and oxygen atoms in total. The maximum Gasteiger partial charge on any atom is 0.261 e. The zero-order valence-corrected chi connectivity index (χ0v) is 14.2. The van der Waals surface area contributed by atoms with Gasteiger partial charge in [0.15, 0.2) is 0 Å². The molecule has 1 aromatic heterocycles. The molecular weight excluding hydrogens is 349 g/mol. The van der Waals surface area contributed by atoms with Gasteiger partial charge >= 0.3 is 0 Å². The Morgan fingerprint density at radius 3 is 2.67 bits per heavy atom. The highest BCUT2D eigenvalue weighted by atomic mass is 35.5. The van der Waals surface area contributed by atoms with Crippen LogP contribution in [0.2, 0.25) is 10.0 Å². The van der Waals surface area contributed by atoms with E-state index >= 15 is 0 Å². The van der Waals surface area contributed by atoms with E-state index in [9.17, 15) is 9.59 Å². The van der Waals surface area contributed by atoms with Crippen LogP contribution >= 0.6 is 23.2 Å². The number of benzene rings is 2. The number of fused-ring (bicyclic) bond motifs is 1. The molecule has 0 spiro atoms. The smallest absolute Gasteiger partial charge is 0.261 e. The number of carbonyl (C=O) groups excluding carboxylic acids is 1. The van der Waals surface area contributed by atoms with Crippen LogP contribution in [0.4, 0.5) is 5.69 Å². The van der Waals surface area contributed by atoms with Crippen molar-refractivity contribution >= 4 is 45.7 Å². The van der Waals surface area contributed by atoms with Crippen molar-refractivity contribution in [3.8, 4) is 0 Å². The van der Waals surface area contributed by atoms with Crippen LogP contribution in [-0.2, 0) is 4.79 Å². The van der Waals surface area contributed by atoms with Crippen molar-refractivity contribution in [1.82, 2.24) is 9.55 Å². The molecule has 1 N–H and O–H groups in total. The van der Waals surface area contributed by atoms with Crippen LogP contribution in [0.5, 0.6) is 0 Å². The molecule has 0 saturated heterocycles. The zero-order valence-electron chi connectivity index (χ0n) is 12.7. The molecule has 3 aromatic rings. The SMILES string of the molecule is CC(C(=O)Nc1ccc(Cl)c(Cl)c1)n1cnc2ccccc2c1=O. The molecule has 24 heavy (non-hydrogen) atoms. The number of rotatable bonds is 3. The van der Waals surface area contributed by atoms with E-state index in [0.717, 1.165) is 0 Å². The third-order valence-electron chi connectivity index (χ3n) is 3.67. The third kappa shape index (κ3) is 3.13. The normalized spacial score (nSPS) is 12.1. The number of anilines is 1. The topological polar surface area (TPSA) is 64.0 Å². The lowest BCUT2D eigenvalue weighted by molar-refractivity contribution is -0.118. The van der Waals surface area contributed by atoms with E-state index in [-0.39, 0.29) is 11.5 Å². The molecule has 1 unspecified atom stereocenters. The molecule has 0 fully saturated rings. The molecule has 3 rings (SSSR count). The number of hydrogen-bond acceptors (Lipinski definition) is 3. The molecule has 122 valence electrons. The highest BCUT2D eigenvalue weighted by Gasteiger charge is 2.18. The monoisotopic (exact) mass is 361 g/mol. The van der Waals surface area contributed by atoms with Crippen LogP contribution in [-0.4, -0.2) is 15.5 Å². The molecular formula is C17H13Cl2N3O2. The van der Waals surface area contributed by atoms with Gasteiger partial charge in [0.05, 0.1) is 27.3 Å². The number of carbonyl (C=O) groups is 1. The van der Waals surface area contributed by atoms with E-state index < -0.39 is 6.04 Å². The van der Waals surface area contributed by atoms with Crippen molar-refractivity contribution in [1.29, 1.82) is 0 Å². The number of nitrogens with one attached hydrogen (secondary N) is 1.